The van der Waals surface area contributed by atoms with Crippen LogP contribution in [-0.4, -0.2) is 16.7 Å². The van der Waals surface area contributed by atoms with Crippen LogP contribution in [0.15, 0.2) is 59.8 Å². The average molecular weight is 297 g/mol. The van der Waals surface area contributed by atoms with E-state index in [9.17, 15) is 0 Å². The zero-order chi connectivity index (χ0) is 14.7. The Bertz CT molecular complexity index is 653. The van der Waals surface area contributed by atoms with Crippen molar-refractivity contribution in [3.05, 3.63) is 71.3 Å². The van der Waals surface area contributed by atoms with Gasteiger partial charge in [-0.05, 0) is 30.7 Å². The predicted molar refractivity (Wildman–Crippen MR) is 89.8 cm³/mol. The van der Waals surface area contributed by atoms with Crippen LogP contribution in [0, 0.1) is 0 Å². The maximum atomic E-state index is 5.63. The molecule has 0 amide bonds. The Balaban J connectivity index is 1.83. The molecule has 1 unspecified atom stereocenters. The third-order valence-corrected chi connectivity index (χ3v) is 5.22. The summed E-state index contributed by atoms with van der Waals surface area (Å²) < 4.78 is 0.000372. The van der Waals surface area contributed by atoms with Crippen LogP contribution in [0.1, 0.15) is 23.6 Å². The zero-order valence-corrected chi connectivity index (χ0v) is 13.2. The Morgan fingerprint density at radius 2 is 1.81 bits per heavy atom. The van der Waals surface area contributed by atoms with Gasteiger partial charge in [-0.25, -0.2) is 0 Å². The van der Waals surface area contributed by atoms with Gasteiger partial charge in [0.1, 0.15) is 12.3 Å². The Kier molecular flexibility index (Phi) is 4.02. The van der Waals surface area contributed by atoms with Crippen molar-refractivity contribution < 1.29 is 4.84 Å². The van der Waals surface area contributed by atoms with Gasteiger partial charge in [0.05, 0.1) is 4.75 Å². The van der Waals surface area contributed by atoms with Crippen LogP contribution in [-0.2, 0) is 17.9 Å². The number of nitrogens with zero attached hydrogens (tertiary/aromatic N) is 1. The summed E-state index contributed by atoms with van der Waals surface area (Å²) in [5, 5.41) is 4.48. The second-order valence-electron chi connectivity index (χ2n) is 5.47. The first kappa shape index (κ1) is 14.2. The summed E-state index contributed by atoms with van der Waals surface area (Å²) in [6.45, 7) is 2.75. The molecule has 2 aromatic rings. The van der Waals surface area contributed by atoms with Gasteiger partial charge < -0.3 is 4.84 Å². The SMILES string of the molecule is CSC1(C)Cc2ccccc2C1=NOCc1ccccc1. The number of oxime groups is 1. The summed E-state index contributed by atoms with van der Waals surface area (Å²) in [5.74, 6) is 0. The van der Waals surface area contributed by atoms with Gasteiger partial charge in [0.15, 0.2) is 0 Å². The number of benzene rings is 2. The summed E-state index contributed by atoms with van der Waals surface area (Å²) in [7, 11) is 0. The van der Waals surface area contributed by atoms with E-state index < -0.39 is 0 Å². The van der Waals surface area contributed by atoms with E-state index in [0.29, 0.717) is 6.61 Å². The van der Waals surface area contributed by atoms with Crippen molar-refractivity contribution in [3.63, 3.8) is 0 Å². The van der Waals surface area contributed by atoms with E-state index in [4.69, 9.17) is 4.84 Å². The highest BCUT2D eigenvalue weighted by atomic mass is 32.2. The standard InChI is InChI=1S/C18H19NOS/c1-18(21-2)12-15-10-6-7-11-16(15)17(18)19-20-13-14-8-4-3-5-9-14/h3-11H,12-13H2,1-2H3. The topological polar surface area (TPSA) is 21.6 Å². The zero-order valence-electron chi connectivity index (χ0n) is 12.4. The maximum absolute atomic E-state index is 5.63. The molecule has 1 aliphatic carbocycles. The van der Waals surface area contributed by atoms with Crippen molar-refractivity contribution in [1.29, 1.82) is 0 Å². The van der Waals surface area contributed by atoms with E-state index in [2.05, 4.69) is 54.7 Å². The van der Waals surface area contributed by atoms with E-state index in [-0.39, 0.29) is 4.75 Å². The third-order valence-electron chi connectivity index (χ3n) is 3.98. The number of hydrogen-bond acceptors (Lipinski definition) is 3. The lowest BCUT2D eigenvalue weighted by molar-refractivity contribution is 0.130. The predicted octanol–water partition coefficient (Wildman–Crippen LogP) is 4.29. The minimum Gasteiger partial charge on any atom is -0.391 e. The van der Waals surface area contributed by atoms with Crippen molar-refractivity contribution in [1.82, 2.24) is 0 Å². The van der Waals surface area contributed by atoms with Crippen LogP contribution < -0.4 is 0 Å². The average Bonchev–Trinajstić information content (AvgIpc) is 2.81. The summed E-state index contributed by atoms with van der Waals surface area (Å²) in [6.07, 6.45) is 3.15. The first-order valence-electron chi connectivity index (χ1n) is 7.11. The molecule has 0 heterocycles. The molecular formula is C18H19NOS. The van der Waals surface area contributed by atoms with Crippen LogP contribution in [0.4, 0.5) is 0 Å². The second-order valence-corrected chi connectivity index (χ2v) is 6.78. The van der Waals surface area contributed by atoms with Crippen molar-refractivity contribution in [3.8, 4) is 0 Å². The van der Waals surface area contributed by atoms with Gasteiger partial charge in [0.25, 0.3) is 0 Å². The molecule has 1 aliphatic rings. The molecule has 3 heteroatoms. The highest BCUT2D eigenvalue weighted by Crippen LogP contribution is 2.39. The Morgan fingerprint density at radius 1 is 1.10 bits per heavy atom. The van der Waals surface area contributed by atoms with Crippen LogP contribution in [0.5, 0.6) is 0 Å². The smallest absolute Gasteiger partial charge is 0.142 e. The van der Waals surface area contributed by atoms with Crippen LogP contribution in [0.25, 0.3) is 0 Å². The molecule has 0 aromatic heterocycles. The molecule has 0 radical (unpaired) electrons. The van der Waals surface area contributed by atoms with Gasteiger partial charge in [0.2, 0.25) is 0 Å². The molecule has 0 spiro atoms. The summed E-state index contributed by atoms with van der Waals surface area (Å²) >= 11 is 1.83. The Morgan fingerprint density at radius 3 is 2.57 bits per heavy atom. The van der Waals surface area contributed by atoms with Crippen LogP contribution >= 0.6 is 11.8 Å². The monoisotopic (exact) mass is 297 g/mol. The maximum Gasteiger partial charge on any atom is 0.142 e. The van der Waals surface area contributed by atoms with Crippen molar-refractivity contribution in [2.24, 2.45) is 5.16 Å². The van der Waals surface area contributed by atoms with Crippen LogP contribution in [0.3, 0.4) is 0 Å². The minimum absolute atomic E-state index is 0.000372. The first-order chi connectivity index (χ1) is 10.2. The molecule has 3 rings (SSSR count). The number of rotatable bonds is 4. The molecular weight excluding hydrogens is 278 g/mol. The lowest BCUT2D eigenvalue weighted by Gasteiger charge is -2.21. The molecule has 0 N–H and O–H groups in total. The molecule has 2 aromatic carbocycles. The van der Waals surface area contributed by atoms with E-state index in [0.717, 1.165) is 17.7 Å². The molecule has 0 saturated carbocycles. The number of fused-ring (bicyclic) bond motifs is 1. The van der Waals surface area contributed by atoms with E-state index in [1.807, 2.05) is 30.0 Å². The van der Waals surface area contributed by atoms with Gasteiger partial charge in [-0.15, -0.1) is 0 Å². The summed E-state index contributed by atoms with van der Waals surface area (Å²) in [4.78, 5) is 5.63. The van der Waals surface area contributed by atoms with E-state index in [1.54, 1.807) is 0 Å². The lowest BCUT2D eigenvalue weighted by atomic mass is 10.1. The largest absolute Gasteiger partial charge is 0.391 e. The van der Waals surface area contributed by atoms with Crippen molar-refractivity contribution in [2.45, 2.75) is 24.7 Å². The second kappa shape index (κ2) is 5.94. The molecule has 0 bridgehead atoms. The Hall–Kier alpha value is -1.74. The van der Waals surface area contributed by atoms with Gasteiger partial charge in [-0.1, -0.05) is 59.8 Å². The summed E-state index contributed by atoms with van der Waals surface area (Å²) in [6, 6.07) is 18.6. The van der Waals surface area contributed by atoms with Crippen molar-refractivity contribution >= 4 is 17.5 Å². The molecule has 0 saturated heterocycles. The first-order valence-corrected chi connectivity index (χ1v) is 8.33. The van der Waals surface area contributed by atoms with Crippen LogP contribution in [0.2, 0.25) is 0 Å². The molecule has 21 heavy (non-hydrogen) atoms. The van der Waals surface area contributed by atoms with Crippen molar-refractivity contribution in [2.75, 3.05) is 6.26 Å². The third kappa shape index (κ3) is 2.84. The van der Waals surface area contributed by atoms with E-state index in [1.165, 1.54) is 11.1 Å². The molecule has 2 nitrogen and oxygen atoms in total. The molecule has 0 aliphatic heterocycles. The highest BCUT2D eigenvalue weighted by Gasteiger charge is 2.39. The molecule has 1 atom stereocenters. The van der Waals surface area contributed by atoms with Gasteiger partial charge in [-0.2, -0.15) is 11.8 Å². The molecule has 0 fully saturated rings. The molecule has 108 valence electrons. The minimum atomic E-state index is 0.000372. The number of hydrogen-bond donors (Lipinski definition) is 0. The normalized spacial score (nSPS) is 22.3. The van der Waals surface area contributed by atoms with E-state index >= 15 is 0 Å². The van der Waals surface area contributed by atoms with Gasteiger partial charge in [0, 0.05) is 5.56 Å². The quantitative estimate of drug-likeness (QED) is 0.785. The summed E-state index contributed by atoms with van der Waals surface area (Å²) in [5.41, 5.74) is 4.78. The fourth-order valence-electron chi connectivity index (χ4n) is 2.70. The lowest BCUT2D eigenvalue weighted by Crippen LogP contribution is -2.28. The number of thioether (sulfide) groups is 1. The van der Waals surface area contributed by atoms with Gasteiger partial charge in [-0.3, -0.25) is 0 Å². The fraction of sp³-hybridized carbons (Fsp3) is 0.278. The fourth-order valence-corrected chi connectivity index (χ4v) is 3.34. The Labute approximate surface area is 130 Å². The highest BCUT2D eigenvalue weighted by molar-refractivity contribution is 8.00. The van der Waals surface area contributed by atoms with Gasteiger partial charge >= 0.3 is 0 Å².